The van der Waals surface area contributed by atoms with E-state index in [0.717, 1.165) is 22.3 Å². The monoisotopic (exact) mass is 567 g/mol. The maximum Gasteiger partial charge on any atom is 0.306 e. The lowest BCUT2D eigenvalue weighted by molar-refractivity contribution is -0.141. The predicted molar refractivity (Wildman–Crippen MR) is 159 cm³/mol. The van der Waals surface area contributed by atoms with Gasteiger partial charge in [-0.2, -0.15) is 0 Å². The Balaban J connectivity index is 1.53. The van der Waals surface area contributed by atoms with Crippen molar-refractivity contribution in [1.29, 1.82) is 0 Å². The van der Waals surface area contributed by atoms with E-state index in [2.05, 4.69) is 15.6 Å². The van der Waals surface area contributed by atoms with E-state index in [1.54, 1.807) is 59.7 Å². The lowest BCUT2D eigenvalue weighted by atomic mass is 9.85. The zero-order valence-corrected chi connectivity index (χ0v) is 23.6. The van der Waals surface area contributed by atoms with Crippen LogP contribution in [0.25, 0.3) is 22.3 Å². The summed E-state index contributed by atoms with van der Waals surface area (Å²) in [5, 5.41) is 15.2. The molecule has 0 radical (unpaired) electrons. The quantitative estimate of drug-likeness (QED) is 0.221. The number of primary amides is 1. The molecule has 2 unspecified atom stereocenters. The number of benzene rings is 2. The first-order valence-corrected chi connectivity index (χ1v) is 13.3. The molecule has 2 atom stereocenters. The SMILES string of the molecule is CC(C)(C)C(NC(=O)C(CC(=O)O)n1ccc(-c2ccc(-c3ccc(C(N)=O)cc3)cc2)c1)C(=O)Nc1ccncc1. The number of hydrogen-bond donors (Lipinski definition) is 4. The fourth-order valence-electron chi connectivity index (χ4n) is 4.52. The molecule has 0 saturated carbocycles. The highest BCUT2D eigenvalue weighted by Gasteiger charge is 2.35. The summed E-state index contributed by atoms with van der Waals surface area (Å²) in [5.41, 5.74) is 9.14. The van der Waals surface area contributed by atoms with Crippen LogP contribution in [0.15, 0.2) is 91.5 Å². The molecule has 5 N–H and O–H groups in total. The molecule has 10 nitrogen and oxygen atoms in total. The second kappa shape index (κ2) is 12.5. The standard InChI is InChI=1S/C32H33N5O5/c1-32(2,3)28(31(42)35-25-12-15-34-16-13-25)36-30(41)26(18-27(38)39)37-17-14-24(19-37)22-6-4-20(5-7-22)21-8-10-23(11-9-21)29(33)40/h4-17,19,26,28H,18H2,1-3H3,(H2,33,40)(H,36,41)(H,38,39)(H,34,35,42). The van der Waals surface area contributed by atoms with Gasteiger partial charge in [-0.1, -0.05) is 57.2 Å². The molecule has 0 saturated heterocycles. The Morgan fingerprint density at radius 1 is 0.833 bits per heavy atom. The Morgan fingerprint density at radius 3 is 1.90 bits per heavy atom. The molecule has 10 heteroatoms. The second-order valence-electron chi connectivity index (χ2n) is 11.0. The van der Waals surface area contributed by atoms with E-state index in [1.165, 1.54) is 0 Å². The van der Waals surface area contributed by atoms with E-state index in [0.29, 0.717) is 11.3 Å². The predicted octanol–water partition coefficient (Wildman–Crippen LogP) is 4.50. The molecule has 4 aromatic rings. The Kier molecular flexibility index (Phi) is 8.85. The van der Waals surface area contributed by atoms with E-state index in [9.17, 15) is 24.3 Å². The van der Waals surface area contributed by atoms with Crippen LogP contribution in [0.4, 0.5) is 5.69 Å². The highest BCUT2D eigenvalue weighted by atomic mass is 16.4. The number of carbonyl (C=O) groups excluding carboxylic acids is 3. The number of aliphatic carboxylic acids is 1. The Labute approximate surface area is 243 Å². The zero-order chi connectivity index (χ0) is 30.4. The van der Waals surface area contributed by atoms with Crippen LogP contribution >= 0.6 is 0 Å². The summed E-state index contributed by atoms with van der Waals surface area (Å²) in [7, 11) is 0. The van der Waals surface area contributed by atoms with E-state index >= 15 is 0 Å². The third kappa shape index (κ3) is 7.28. The minimum atomic E-state index is -1.15. The van der Waals surface area contributed by atoms with Gasteiger partial charge in [-0.25, -0.2) is 0 Å². The fourth-order valence-corrected chi connectivity index (χ4v) is 4.52. The molecule has 0 aliphatic heterocycles. The minimum absolute atomic E-state index is 0.423. The van der Waals surface area contributed by atoms with Crippen molar-refractivity contribution in [3.05, 3.63) is 97.1 Å². The first-order valence-electron chi connectivity index (χ1n) is 13.3. The molecule has 2 heterocycles. The van der Waals surface area contributed by atoms with Gasteiger partial charge in [-0.15, -0.1) is 0 Å². The number of carbonyl (C=O) groups is 4. The van der Waals surface area contributed by atoms with Gasteiger partial charge in [-0.05, 0) is 58.0 Å². The van der Waals surface area contributed by atoms with Gasteiger partial charge in [0.1, 0.15) is 12.1 Å². The average molecular weight is 568 g/mol. The van der Waals surface area contributed by atoms with E-state index < -0.39 is 47.6 Å². The molecule has 42 heavy (non-hydrogen) atoms. The maximum absolute atomic E-state index is 13.5. The molecule has 216 valence electrons. The van der Waals surface area contributed by atoms with E-state index in [4.69, 9.17) is 5.73 Å². The van der Waals surface area contributed by atoms with Gasteiger partial charge >= 0.3 is 5.97 Å². The molecular formula is C32H33N5O5. The number of rotatable bonds is 10. The summed E-state index contributed by atoms with van der Waals surface area (Å²) in [6.07, 6.45) is 5.99. The van der Waals surface area contributed by atoms with Crippen molar-refractivity contribution in [2.75, 3.05) is 5.32 Å². The van der Waals surface area contributed by atoms with Crippen molar-refractivity contribution in [3.8, 4) is 22.3 Å². The summed E-state index contributed by atoms with van der Waals surface area (Å²) >= 11 is 0. The summed E-state index contributed by atoms with van der Waals surface area (Å²) < 4.78 is 1.55. The Bertz CT molecular complexity index is 1570. The van der Waals surface area contributed by atoms with Gasteiger partial charge in [0.15, 0.2) is 0 Å². The van der Waals surface area contributed by atoms with Gasteiger partial charge in [0.25, 0.3) is 0 Å². The highest BCUT2D eigenvalue weighted by Crippen LogP contribution is 2.28. The van der Waals surface area contributed by atoms with Crippen LogP contribution in [-0.4, -0.2) is 44.4 Å². The lowest BCUT2D eigenvalue weighted by Gasteiger charge is -2.31. The van der Waals surface area contributed by atoms with Crippen molar-refractivity contribution < 1.29 is 24.3 Å². The topological polar surface area (TPSA) is 156 Å². The molecule has 0 aliphatic carbocycles. The Hall–Kier alpha value is -5.25. The van der Waals surface area contributed by atoms with Crippen molar-refractivity contribution in [3.63, 3.8) is 0 Å². The van der Waals surface area contributed by atoms with Crippen molar-refractivity contribution >= 4 is 29.4 Å². The van der Waals surface area contributed by atoms with Gasteiger partial charge in [0.05, 0.1) is 6.42 Å². The largest absolute Gasteiger partial charge is 0.481 e. The van der Waals surface area contributed by atoms with Crippen molar-refractivity contribution in [2.45, 2.75) is 39.3 Å². The first-order chi connectivity index (χ1) is 19.9. The highest BCUT2D eigenvalue weighted by molar-refractivity contribution is 5.98. The third-order valence-corrected chi connectivity index (χ3v) is 6.83. The minimum Gasteiger partial charge on any atom is -0.481 e. The number of nitrogens with zero attached hydrogens (tertiary/aromatic N) is 2. The molecule has 0 bridgehead atoms. The lowest BCUT2D eigenvalue weighted by Crippen LogP contribution is -2.53. The van der Waals surface area contributed by atoms with Gasteiger partial charge in [-0.3, -0.25) is 24.2 Å². The molecular weight excluding hydrogens is 534 g/mol. The van der Waals surface area contributed by atoms with Crippen LogP contribution in [0.2, 0.25) is 0 Å². The molecule has 0 aliphatic rings. The number of pyridine rings is 1. The molecule has 2 aromatic heterocycles. The van der Waals surface area contributed by atoms with Crippen molar-refractivity contribution in [2.24, 2.45) is 11.1 Å². The molecule has 3 amide bonds. The van der Waals surface area contributed by atoms with Gasteiger partial charge in [0.2, 0.25) is 17.7 Å². The molecule has 0 fully saturated rings. The number of carboxylic acid groups (broad SMARTS) is 1. The molecule has 0 spiro atoms. The Morgan fingerprint density at radius 2 is 1.38 bits per heavy atom. The first kappa shape index (κ1) is 29.7. The molecule has 2 aromatic carbocycles. The zero-order valence-electron chi connectivity index (χ0n) is 23.6. The average Bonchev–Trinajstić information content (AvgIpc) is 3.44. The number of nitrogens with one attached hydrogen (secondary N) is 2. The van der Waals surface area contributed by atoms with Crippen molar-refractivity contribution in [1.82, 2.24) is 14.9 Å². The normalized spacial score (nSPS) is 12.6. The summed E-state index contributed by atoms with van der Waals surface area (Å²) in [6, 6.07) is 17.8. The third-order valence-electron chi connectivity index (χ3n) is 6.83. The van der Waals surface area contributed by atoms with Gasteiger partial charge < -0.3 is 26.0 Å². The van der Waals surface area contributed by atoms with Crippen LogP contribution in [-0.2, 0) is 14.4 Å². The summed E-state index contributed by atoms with van der Waals surface area (Å²) in [6.45, 7) is 5.46. The number of anilines is 1. The smallest absolute Gasteiger partial charge is 0.306 e. The van der Waals surface area contributed by atoms with Crippen LogP contribution in [0.1, 0.15) is 43.6 Å². The van der Waals surface area contributed by atoms with E-state index in [1.807, 2.05) is 57.2 Å². The van der Waals surface area contributed by atoms with Crippen LogP contribution in [0, 0.1) is 5.41 Å². The maximum atomic E-state index is 13.5. The fraction of sp³-hybridized carbons (Fsp3) is 0.219. The van der Waals surface area contributed by atoms with Crippen LogP contribution < -0.4 is 16.4 Å². The summed E-state index contributed by atoms with van der Waals surface area (Å²) in [5.74, 6) is -2.64. The second-order valence-corrected chi connectivity index (χ2v) is 11.0. The van der Waals surface area contributed by atoms with Crippen LogP contribution in [0.5, 0.6) is 0 Å². The number of hydrogen-bond acceptors (Lipinski definition) is 5. The number of carboxylic acids is 1. The molecule has 4 rings (SSSR count). The number of nitrogens with two attached hydrogens (primary N) is 1. The summed E-state index contributed by atoms with van der Waals surface area (Å²) in [4.78, 5) is 53.7. The van der Waals surface area contributed by atoms with Crippen LogP contribution in [0.3, 0.4) is 0 Å². The van der Waals surface area contributed by atoms with Gasteiger partial charge in [0, 0.05) is 36.0 Å². The number of amides is 3. The number of aromatic nitrogens is 2. The van der Waals surface area contributed by atoms with E-state index in [-0.39, 0.29) is 0 Å².